The highest BCUT2D eigenvalue weighted by molar-refractivity contribution is 7.89. The zero-order chi connectivity index (χ0) is 21.0. The van der Waals surface area contributed by atoms with E-state index in [4.69, 9.17) is 4.74 Å². The van der Waals surface area contributed by atoms with Crippen molar-refractivity contribution in [3.05, 3.63) is 53.6 Å². The van der Waals surface area contributed by atoms with Crippen LogP contribution in [-0.2, 0) is 14.8 Å². The molecular weight excluding hydrogens is 388 g/mol. The standard InChI is InChI=1S/C22H28N2O4S/c1-16-8-9-19(14-17(16)2)24(3)22(25)15-28-20-10-12-21(13-11-20)29(26,27)23-18-6-4-5-7-18/h8-14,18,23H,4-7,15H2,1-3H3. The van der Waals surface area contributed by atoms with Crippen LogP contribution in [0.5, 0.6) is 5.75 Å². The van der Waals surface area contributed by atoms with Crippen molar-refractivity contribution in [2.24, 2.45) is 0 Å². The second-order valence-electron chi connectivity index (χ2n) is 7.58. The maximum Gasteiger partial charge on any atom is 0.264 e. The normalized spacial score (nSPS) is 14.7. The first-order chi connectivity index (χ1) is 13.8. The Morgan fingerprint density at radius 3 is 2.34 bits per heavy atom. The number of sulfonamides is 1. The predicted molar refractivity (Wildman–Crippen MR) is 114 cm³/mol. The Morgan fingerprint density at radius 1 is 1.07 bits per heavy atom. The van der Waals surface area contributed by atoms with Crippen molar-refractivity contribution in [2.45, 2.75) is 50.5 Å². The highest BCUT2D eigenvalue weighted by Crippen LogP contribution is 2.22. The molecule has 1 saturated carbocycles. The van der Waals surface area contributed by atoms with Gasteiger partial charge in [-0.15, -0.1) is 0 Å². The van der Waals surface area contributed by atoms with Gasteiger partial charge in [0.2, 0.25) is 10.0 Å². The van der Waals surface area contributed by atoms with E-state index in [2.05, 4.69) is 4.72 Å². The average molecular weight is 417 g/mol. The van der Waals surface area contributed by atoms with Gasteiger partial charge in [0.25, 0.3) is 5.91 Å². The molecule has 1 fully saturated rings. The Kier molecular flexibility index (Phi) is 6.59. The zero-order valence-electron chi connectivity index (χ0n) is 17.1. The average Bonchev–Trinajstić information content (AvgIpc) is 3.20. The second kappa shape index (κ2) is 8.97. The van der Waals surface area contributed by atoms with Gasteiger partial charge in [0.15, 0.2) is 6.61 Å². The number of amides is 1. The number of likely N-dealkylation sites (N-methyl/N-ethyl adjacent to an activating group) is 1. The number of anilines is 1. The van der Waals surface area contributed by atoms with Crippen LogP contribution in [0, 0.1) is 13.8 Å². The van der Waals surface area contributed by atoms with Crippen LogP contribution < -0.4 is 14.4 Å². The summed E-state index contributed by atoms with van der Waals surface area (Å²) >= 11 is 0. The Balaban J connectivity index is 1.58. The van der Waals surface area contributed by atoms with Gasteiger partial charge in [-0.25, -0.2) is 13.1 Å². The van der Waals surface area contributed by atoms with Crippen molar-refractivity contribution in [3.63, 3.8) is 0 Å². The van der Waals surface area contributed by atoms with Crippen LogP contribution in [0.4, 0.5) is 5.69 Å². The van der Waals surface area contributed by atoms with Crippen molar-refractivity contribution >= 4 is 21.6 Å². The summed E-state index contributed by atoms with van der Waals surface area (Å²) in [7, 11) is -1.82. The molecule has 29 heavy (non-hydrogen) atoms. The van der Waals surface area contributed by atoms with Crippen LogP contribution in [0.3, 0.4) is 0 Å². The van der Waals surface area contributed by atoms with Gasteiger partial charge in [-0.3, -0.25) is 4.79 Å². The number of nitrogens with zero attached hydrogens (tertiary/aromatic N) is 1. The highest BCUT2D eigenvalue weighted by atomic mass is 32.2. The molecular formula is C22H28N2O4S. The number of hydrogen-bond acceptors (Lipinski definition) is 4. The first-order valence-corrected chi connectivity index (χ1v) is 11.3. The number of aryl methyl sites for hydroxylation is 2. The minimum Gasteiger partial charge on any atom is -0.484 e. The summed E-state index contributed by atoms with van der Waals surface area (Å²) < 4.78 is 33.2. The fraction of sp³-hybridized carbons (Fsp3) is 0.409. The van der Waals surface area contributed by atoms with Crippen LogP contribution >= 0.6 is 0 Å². The van der Waals surface area contributed by atoms with Crippen LogP contribution in [0.15, 0.2) is 47.4 Å². The molecule has 0 aromatic heterocycles. The monoisotopic (exact) mass is 416 g/mol. The van der Waals surface area contributed by atoms with Gasteiger partial charge in [-0.1, -0.05) is 18.9 Å². The SMILES string of the molecule is Cc1ccc(N(C)C(=O)COc2ccc(S(=O)(=O)NC3CCCC3)cc2)cc1C. The maximum absolute atomic E-state index is 12.5. The molecule has 0 saturated heterocycles. The summed E-state index contributed by atoms with van der Waals surface area (Å²) in [6, 6.07) is 12.0. The number of benzene rings is 2. The van der Waals surface area contributed by atoms with Gasteiger partial charge in [0.1, 0.15) is 5.75 Å². The summed E-state index contributed by atoms with van der Waals surface area (Å²) in [6.07, 6.45) is 3.89. The lowest BCUT2D eigenvalue weighted by Crippen LogP contribution is -2.32. The largest absolute Gasteiger partial charge is 0.484 e. The van der Waals surface area contributed by atoms with Gasteiger partial charge in [-0.05, 0) is 74.2 Å². The van der Waals surface area contributed by atoms with Crippen LogP contribution in [0.1, 0.15) is 36.8 Å². The second-order valence-corrected chi connectivity index (χ2v) is 9.30. The van der Waals surface area contributed by atoms with E-state index in [9.17, 15) is 13.2 Å². The van der Waals surface area contributed by atoms with E-state index in [1.807, 2.05) is 32.0 Å². The van der Waals surface area contributed by atoms with Crippen molar-refractivity contribution in [3.8, 4) is 5.75 Å². The van der Waals surface area contributed by atoms with E-state index in [-0.39, 0.29) is 23.5 Å². The lowest BCUT2D eigenvalue weighted by Gasteiger charge is -2.19. The van der Waals surface area contributed by atoms with E-state index in [0.29, 0.717) is 5.75 Å². The number of carbonyl (C=O) groups excluding carboxylic acids is 1. The smallest absolute Gasteiger partial charge is 0.264 e. The molecule has 0 spiro atoms. The minimum absolute atomic E-state index is 0.0227. The topological polar surface area (TPSA) is 75.7 Å². The number of rotatable bonds is 7. The maximum atomic E-state index is 12.5. The minimum atomic E-state index is -3.53. The van der Waals surface area contributed by atoms with Crippen molar-refractivity contribution in [1.29, 1.82) is 0 Å². The number of nitrogens with one attached hydrogen (secondary N) is 1. The lowest BCUT2D eigenvalue weighted by molar-refractivity contribution is -0.120. The molecule has 0 heterocycles. The Morgan fingerprint density at radius 2 is 1.72 bits per heavy atom. The predicted octanol–water partition coefficient (Wildman–Crippen LogP) is 3.57. The zero-order valence-corrected chi connectivity index (χ0v) is 18.0. The van der Waals surface area contributed by atoms with E-state index in [0.717, 1.165) is 36.9 Å². The van der Waals surface area contributed by atoms with Gasteiger partial charge in [0, 0.05) is 18.8 Å². The third-order valence-electron chi connectivity index (χ3n) is 5.43. The molecule has 0 aliphatic heterocycles. The molecule has 6 nitrogen and oxygen atoms in total. The molecule has 0 atom stereocenters. The first-order valence-electron chi connectivity index (χ1n) is 9.85. The molecule has 1 N–H and O–H groups in total. The molecule has 0 bridgehead atoms. The Hall–Kier alpha value is -2.38. The lowest BCUT2D eigenvalue weighted by atomic mass is 10.1. The van der Waals surface area contributed by atoms with Gasteiger partial charge >= 0.3 is 0 Å². The van der Waals surface area contributed by atoms with Crippen LogP contribution in [-0.4, -0.2) is 34.0 Å². The van der Waals surface area contributed by atoms with Gasteiger partial charge < -0.3 is 9.64 Å². The first kappa shape index (κ1) is 21.3. The van der Waals surface area contributed by atoms with Crippen molar-refractivity contribution in [1.82, 2.24) is 4.72 Å². The van der Waals surface area contributed by atoms with Gasteiger partial charge in [0.05, 0.1) is 4.90 Å². The molecule has 2 aromatic rings. The van der Waals surface area contributed by atoms with Crippen LogP contribution in [0.2, 0.25) is 0 Å². The fourth-order valence-electron chi connectivity index (χ4n) is 3.37. The van der Waals surface area contributed by atoms with E-state index < -0.39 is 10.0 Å². The summed E-state index contributed by atoms with van der Waals surface area (Å²) in [4.78, 5) is 14.2. The summed E-state index contributed by atoms with van der Waals surface area (Å²) in [5.74, 6) is 0.263. The molecule has 1 amide bonds. The number of hydrogen-bond donors (Lipinski definition) is 1. The van der Waals surface area contributed by atoms with Crippen LogP contribution in [0.25, 0.3) is 0 Å². The Bertz CT molecular complexity index is 965. The fourth-order valence-corrected chi connectivity index (χ4v) is 4.67. The molecule has 0 unspecified atom stereocenters. The van der Waals surface area contributed by atoms with Crippen molar-refractivity contribution < 1.29 is 17.9 Å². The van der Waals surface area contributed by atoms with Gasteiger partial charge in [-0.2, -0.15) is 0 Å². The van der Waals surface area contributed by atoms with E-state index in [1.54, 1.807) is 24.1 Å². The molecule has 3 rings (SSSR count). The third-order valence-corrected chi connectivity index (χ3v) is 6.96. The summed E-state index contributed by atoms with van der Waals surface area (Å²) in [5.41, 5.74) is 3.09. The molecule has 1 aliphatic carbocycles. The molecule has 156 valence electrons. The molecule has 1 aliphatic rings. The highest BCUT2D eigenvalue weighted by Gasteiger charge is 2.23. The summed E-state index contributed by atoms with van der Waals surface area (Å²) in [6.45, 7) is 3.90. The molecule has 0 radical (unpaired) electrons. The Labute approximate surface area is 172 Å². The van der Waals surface area contributed by atoms with Crippen molar-refractivity contribution in [2.75, 3.05) is 18.6 Å². The third kappa shape index (κ3) is 5.36. The van der Waals surface area contributed by atoms with E-state index in [1.165, 1.54) is 17.7 Å². The van der Waals surface area contributed by atoms with E-state index >= 15 is 0 Å². The quantitative estimate of drug-likeness (QED) is 0.749. The number of ether oxygens (including phenoxy) is 1. The molecule has 7 heteroatoms. The number of carbonyl (C=O) groups is 1. The summed E-state index contributed by atoms with van der Waals surface area (Å²) in [5, 5.41) is 0. The molecule has 2 aromatic carbocycles.